The molecule has 128 valence electrons. The van der Waals surface area contributed by atoms with Crippen LogP contribution < -0.4 is 10.6 Å². The van der Waals surface area contributed by atoms with Crippen molar-refractivity contribution in [1.29, 1.82) is 0 Å². The maximum Gasteiger partial charge on any atom is 0.251 e. The highest BCUT2D eigenvalue weighted by Crippen LogP contribution is 2.15. The zero-order valence-corrected chi connectivity index (χ0v) is 14.5. The van der Waals surface area contributed by atoms with E-state index < -0.39 is 0 Å². The van der Waals surface area contributed by atoms with Gasteiger partial charge in [0.15, 0.2) is 0 Å². The predicted molar refractivity (Wildman–Crippen MR) is 93.0 cm³/mol. The van der Waals surface area contributed by atoms with E-state index in [2.05, 4.69) is 10.6 Å². The highest BCUT2D eigenvalue weighted by Gasteiger charge is 2.12. The molecule has 0 fully saturated rings. The fourth-order valence-corrected chi connectivity index (χ4v) is 2.35. The van der Waals surface area contributed by atoms with Gasteiger partial charge < -0.3 is 15.1 Å². The summed E-state index contributed by atoms with van der Waals surface area (Å²) < 4.78 is 5.48. The molecular formula is C18H21ClN2O3. The summed E-state index contributed by atoms with van der Waals surface area (Å²) in [7, 11) is 0. The fourth-order valence-electron chi connectivity index (χ4n) is 2.23. The summed E-state index contributed by atoms with van der Waals surface area (Å²) in [4.78, 5) is 23.8. The molecule has 1 aromatic carbocycles. The lowest BCUT2D eigenvalue weighted by molar-refractivity contribution is -0.121. The third kappa shape index (κ3) is 5.42. The first kappa shape index (κ1) is 18.1. The van der Waals surface area contributed by atoms with Crippen molar-refractivity contribution in [3.8, 4) is 0 Å². The van der Waals surface area contributed by atoms with Gasteiger partial charge in [0.2, 0.25) is 5.91 Å². The van der Waals surface area contributed by atoms with Crippen molar-refractivity contribution < 1.29 is 14.0 Å². The molecule has 1 heterocycles. The molecule has 2 rings (SSSR count). The molecule has 5 nitrogen and oxygen atoms in total. The number of benzene rings is 1. The summed E-state index contributed by atoms with van der Waals surface area (Å²) in [5.74, 6) is 1.30. The van der Waals surface area contributed by atoms with Crippen LogP contribution in [0, 0.1) is 6.92 Å². The van der Waals surface area contributed by atoms with Gasteiger partial charge in [0.05, 0.1) is 6.04 Å². The molecule has 0 aliphatic rings. The van der Waals surface area contributed by atoms with Gasteiger partial charge in [-0.1, -0.05) is 11.6 Å². The van der Waals surface area contributed by atoms with Gasteiger partial charge in [-0.25, -0.2) is 0 Å². The number of carbonyl (C=O) groups excluding carboxylic acids is 2. The van der Waals surface area contributed by atoms with E-state index in [-0.39, 0.29) is 17.9 Å². The molecule has 0 aliphatic carbocycles. The quantitative estimate of drug-likeness (QED) is 0.750. The summed E-state index contributed by atoms with van der Waals surface area (Å²) in [6.45, 7) is 4.17. The van der Waals surface area contributed by atoms with Gasteiger partial charge >= 0.3 is 0 Å². The lowest BCUT2D eigenvalue weighted by Gasteiger charge is -2.11. The predicted octanol–water partition coefficient (Wildman–Crippen LogP) is 3.63. The third-order valence-corrected chi connectivity index (χ3v) is 3.79. The molecule has 6 heteroatoms. The summed E-state index contributed by atoms with van der Waals surface area (Å²) in [5.41, 5.74) is 0.547. The number of hydrogen-bond donors (Lipinski definition) is 2. The second kappa shape index (κ2) is 8.55. The zero-order chi connectivity index (χ0) is 17.5. The standard InChI is InChI=1S/C18H21ClN2O3/c1-12-5-10-16(24-12)13(2)21-17(22)4-3-11-20-18(23)14-6-8-15(19)9-7-14/h5-10,13H,3-4,11H2,1-2H3,(H,20,23)(H,21,22). The Hall–Kier alpha value is -2.27. The maximum absolute atomic E-state index is 11.9. The number of aryl methyl sites for hydroxylation is 1. The minimum Gasteiger partial charge on any atom is -0.464 e. The van der Waals surface area contributed by atoms with Crippen molar-refractivity contribution in [2.24, 2.45) is 0 Å². The van der Waals surface area contributed by atoms with Crippen LogP contribution in [-0.2, 0) is 4.79 Å². The van der Waals surface area contributed by atoms with Crippen molar-refractivity contribution in [1.82, 2.24) is 10.6 Å². The summed E-state index contributed by atoms with van der Waals surface area (Å²) in [6, 6.07) is 10.2. The maximum atomic E-state index is 11.9. The SMILES string of the molecule is Cc1ccc(C(C)NC(=O)CCCNC(=O)c2ccc(Cl)cc2)o1. The molecule has 1 aromatic heterocycles. The molecule has 24 heavy (non-hydrogen) atoms. The molecule has 2 amide bonds. The van der Waals surface area contributed by atoms with Gasteiger partial charge in [-0.05, 0) is 56.7 Å². The second-order valence-corrected chi connectivity index (χ2v) is 6.04. The number of hydrogen-bond acceptors (Lipinski definition) is 3. The molecule has 2 aromatic rings. The van der Waals surface area contributed by atoms with Crippen molar-refractivity contribution in [2.75, 3.05) is 6.54 Å². The van der Waals surface area contributed by atoms with Crippen LogP contribution in [0.5, 0.6) is 0 Å². The van der Waals surface area contributed by atoms with Gasteiger partial charge in [-0.15, -0.1) is 0 Å². The summed E-state index contributed by atoms with van der Waals surface area (Å²) in [5, 5.41) is 6.24. The number of furan rings is 1. The lowest BCUT2D eigenvalue weighted by Crippen LogP contribution is -2.28. The van der Waals surface area contributed by atoms with E-state index >= 15 is 0 Å². The molecule has 0 bridgehead atoms. The molecule has 0 spiro atoms. The van der Waals surface area contributed by atoms with E-state index in [1.807, 2.05) is 26.0 Å². The van der Waals surface area contributed by atoms with Gasteiger partial charge in [0, 0.05) is 23.6 Å². The monoisotopic (exact) mass is 348 g/mol. The van der Waals surface area contributed by atoms with Crippen LogP contribution in [0.3, 0.4) is 0 Å². The summed E-state index contributed by atoms with van der Waals surface area (Å²) in [6.07, 6.45) is 0.903. The molecule has 1 atom stereocenters. The summed E-state index contributed by atoms with van der Waals surface area (Å²) >= 11 is 5.78. The Morgan fingerprint density at radius 3 is 2.50 bits per heavy atom. The Bertz CT molecular complexity index is 695. The highest BCUT2D eigenvalue weighted by molar-refractivity contribution is 6.30. The minimum atomic E-state index is -0.175. The molecule has 0 aliphatic heterocycles. The van der Waals surface area contributed by atoms with E-state index in [9.17, 15) is 9.59 Å². The van der Waals surface area contributed by atoms with Crippen molar-refractivity contribution in [3.05, 3.63) is 58.5 Å². The number of amides is 2. The van der Waals surface area contributed by atoms with Crippen LogP contribution in [0.2, 0.25) is 5.02 Å². The normalized spacial score (nSPS) is 11.8. The van der Waals surface area contributed by atoms with Crippen LogP contribution >= 0.6 is 11.6 Å². The Balaban J connectivity index is 1.67. The molecule has 0 radical (unpaired) electrons. The van der Waals surface area contributed by atoms with Gasteiger partial charge in [-0.2, -0.15) is 0 Å². The molecule has 0 saturated heterocycles. The van der Waals surface area contributed by atoms with Crippen molar-refractivity contribution in [3.63, 3.8) is 0 Å². The van der Waals surface area contributed by atoms with Crippen LogP contribution in [-0.4, -0.2) is 18.4 Å². The number of rotatable bonds is 7. The van der Waals surface area contributed by atoms with E-state index in [1.54, 1.807) is 24.3 Å². The highest BCUT2D eigenvalue weighted by atomic mass is 35.5. The van der Waals surface area contributed by atoms with Gasteiger partial charge in [-0.3, -0.25) is 9.59 Å². The topological polar surface area (TPSA) is 71.3 Å². The minimum absolute atomic E-state index is 0.0719. The number of halogens is 1. The van der Waals surface area contributed by atoms with Crippen LogP contribution in [0.4, 0.5) is 0 Å². The first-order chi connectivity index (χ1) is 11.5. The van der Waals surface area contributed by atoms with Gasteiger partial charge in [0.1, 0.15) is 11.5 Å². The Kier molecular flexibility index (Phi) is 6.44. The van der Waals surface area contributed by atoms with Crippen LogP contribution in [0.1, 0.15) is 47.7 Å². The second-order valence-electron chi connectivity index (χ2n) is 5.60. The van der Waals surface area contributed by atoms with E-state index in [0.29, 0.717) is 30.0 Å². The molecule has 1 unspecified atom stereocenters. The van der Waals surface area contributed by atoms with Crippen LogP contribution in [0.15, 0.2) is 40.8 Å². The van der Waals surface area contributed by atoms with Crippen molar-refractivity contribution >= 4 is 23.4 Å². The first-order valence-corrected chi connectivity index (χ1v) is 8.23. The lowest BCUT2D eigenvalue weighted by atomic mass is 10.2. The zero-order valence-electron chi connectivity index (χ0n) is 13.8. The Morgan fingerprint density at radius 1 is 1.17 bits per heavy atom. The number of carbonyl (C=O) groups is 2. The van der Waals surface area contributed by atoms with E-state index in [0.717, 1.165) is 11.5 Å². The Morgan fingerprint density at radius 2 is 1.88 bits per heavy atom. The first-order valence-electron chi connectivity index (χ1n) is 7.85. The number of nitrogens with one attached hydrogen (secondary N) is 2. The van der Waals surface area contributed by atoms with Crippen molar-refractivity contribution in [2.45, 2.75) is 32.7 Å². The van der Waals surface area contributed by atoms with E-state index in [1.165, 1.54) is 0 Å². The van der Waals surface area contributed by atoms with E-state index in [4.69, 9.17) is 16.0 Å². The molecule has 2 N–H and O–H groups in total. The molecule has 0 saturated carbocycles. The smallest absolute Gasteiger partial charge is 0.251 e. The fraction of sp³-hybridized carbons (Fsp3) is 0.333. The third-order valence-electron chi connectivity index (χ3n) is 3.54. The largest absolute Gasteiger partial charge is 0.464 e. The van der Waals surface area contributed by atoms with Gasteiger partial charge in [0.25, 0.3) is 5.91 Å². The molecular weight excluding hydrogens is 328 g/mol. The Labute approximate surface area is 146 Å². The average Bonchev–Trinajstić information content (AvgIpc) is 2.98. The van der Waals surface area contributed by atoms with Crippen LogP contribution in [0.25, 0.3) is 0 Å². The average molecular weight is 349 g/mol.